The number of aliphatic hydroxyl groups is 1. The van der Waals surface area contributed by atoms with E-state index in [1.165, 1.54) is 7.11 Å². The molecule has 0 amide bonds. The summed E-state index contributed by atoms with van der Waals surface area (Å²) in [5, 5.41) is 10.1. The van der Waals surface area contributed by atoms with Crippen LogP contribution in [-0.4, -0.2) is 48.3 Å². The molecule has 0 spiro atoms. The fraction of sp³-hybridized carbons (Fsp3) is 0.909. The van der Waals surface area contributed by atoms with Gasteiger partial charge in [0.05, 0.1) is 19.3 Å². The van der Waals surface area contributed by atoms with Crippen molar-refractivity contribution in [1.29, 1.82) is 0 Å². The number of hydrogen-bond acceptors (Lipinski definition) is 4. The van der Waals surface area contributed by atoms with Crippen LogP contribution in [0.3, 0.4) is 0 Å². The maximum Gasteiger partial charge on any atom is 0.319 e. The van der Waals surface area contributed by atoms with Crippen molar-refractivity contribution < 1.29 is 14.6 Å². The summed E-state index contributed by atoms with van der Waals surface area (Å²) in [7, 11) is 1.38. The molecule has 0 saturated heterocycles. The fourth-order valence-electron chi connectivity index (χ4n) is 1.42. The van der Waals surface area contributed by atoms with Gasteiger partial charge in [0, 0.05) is 6.54 Å². The highest BCUT2D eigenvalue weighted by atomic mass is 16.5. The maximum atomic E-state index is 11.1. The summed E-state index contributed by atoms with van der Waals surface area (Å²) in [6, 6.07) is 0. The molecule has 0 aliphatic carbocycles. The minimum absolute atomic E-state index is 0.245. The Morgan fingerprint density at radius 2 is 1.87 bits per heavy atom. The van der Waals surface area contributed by atoms with Gasteiger partial charge in [0.1, 0.15) is 0 Å². The highest BCUT2D eigenvalue weighted by Gasteiger charge is 2.25. The smallest absolute Gasteiger partial charge is 0.319 e. The minimum Gasteiger partial charge on any atom is -0.468 e. The molecule has 0 atom stereocenters. The lowest BCUT2D eigenvalue weighted by Gasteiger charge is -2.31. The molecular weight excluding hydrogens is 194 g/mol. The molecule has 0 fully saturated rings. The first-order valence-corrected chi connectivity index (χ1v) is 5.52. The third kappa shape index (κ3) is 5.14. The molecule has 0 radical (unpaired) electrons. The van der Waals surface area contributed by atoms with E-state index in [2.05, 4.69) is 4.74 Å². The van der Waals surface area contributed by atoms with Crippen molar-refractivity contribution in [2.45, 2.75) is 39.2 Å². The molecule has 0 saturated carbocycles. The van der Waals surface area contributed by atoms with Crippen LogP contribution in [0.15, 0.2) is 0 Å². The van der Waals surface area contributed by atoms with Gasteiger partial charge in [-0.15, -0.1) is 0 Å². The summed E-state index contributed by atoms with van der Waals surface area (Å²) in [6.07, 6.45) is 1.39. The third-order valence-corrected chi connectivity index (χ3v) is 2.86. The molecule has 0 heterocycles. The lowest BCUT2D eigenvalue weighted by Crippen LogP contribution is -2.44. The standard InChI is InChI=1S/C11H23NO3/c1-5-11(14,6-2)9-12(7-3)8-10(13)15-4/h14H,5-9H2,1-4H3. The van der Waals surface area contributed by atoms with Crippen LogP contribution in [0.1, 0.15) is 33.6 Å². The summed E-state index contributed by atoms with van der Waals surface area (Å²) in [5.41, 5.74) is -0.690. The van der Waals surface area contributed by atoms with E-state index in [4.69, 9.17) is 0 Å². The predicted molar refractivity (Wildman–Crippen MR) is 59.7 cm³/mol. The monoisotopic (exact) mass is 217 g/mol. The van der Waals surface area contributed by atoms with Gasteiger partial charge in [-0.1, -0.05) is 20.8 Å². The normalized spacial score (nSPS) is 11.9. The van der Waals surface area contributed by atoms with E-state index in [-0.39, 0.29) is 12.5 Å². The Bertz CT molecular complexity index is 190. The largest absolute Gasteiger partial charge is 0.468 e. The van der Waals surface area contributed by atoms with Gasteiger partial charge in [0.25, 0.3) is 0 Å². The molecule has 0 unspecified atom stereocenters. The number of rotatable bonds is 7. The second kappa shape index (κ2) is 6.80. The lowest BCUT2D eigenvalue weighted by molar-refractivity contribution is -0.142. The van der Waals surface area contributed by atoms with Gasteiger partial charge < -0.3 is 9.84 Å². The summed E-state index contributed by atoms with van der Waals surface area (Å²) in [4.78, 5) is 13.0. The van der Waals surface area contributed by atoms with Crippen molar-refractivity contribution >= 4 is 5.97 Å². The molecule has 0 bridgehead atoms. The molecule has 15 heavy (non-hydrogen) atoms. The number of carbonyl (C=O) groups is 1. The third-order valence-electron chi connectivity index (χ3n) is 2.86. The van der Waals surface area contributed by atoms with Gasteiger partial charge in [-0.25, -0.2) is 0 Å². The van der Waals surface area contributed by atoms with Crippen molar-refractivity contribution in [2.24, 2.45) is 0 Å². The number of ether oxygens (including phenoxy) is 1. The number of hydrogen-bond donors (Lipinski definition) is 1. The van der Waals surface area contributed by atoms with Crippen LogP contribution in [0.2, 0.25) is 0 Å². The molecule has 4 heteroatoms. The Morgan fingerprint density at radius 3 is 2.20 bits per heavy atom. The molecule has 0 aliphatic heterocycles. The highest BCUT2D eigenvalue weighted by molar-refractivity contribution is 5.71. The Kier molecular flexibility index (Phi) is 6.52. The van der Waals surface area contributed by atoms with E-state index in [0.29, 0.717) is 19.4 Å². The average molecular weight is 217 g/mol. The van der Waals surface area contributed by atoms with E-state index >= 15 is 0 Å². The first-order valence-electron chi connectivity index (χ1n) is 5.52. The SMILES string of the molecule is CCN(CC(=O)OC)CC(O)(CC)CC. The van der Waals surface area contributed by atoms with E-state index < -0.39 is 5.60 Å². The molecule has 90 valence electrons. The van der Waals surface area contributed by atoms with Gasteiger partial charge in [0.2, 0.25) is 0 Å². The molecule has 4 nitrogen and oxygen atoms in total. The Hall–Kier alpha value is -0.610. The first-order chi connectivity index (χ1) is 7.01. The summed E-state index contributed by atoms with van der Waals surface area (Å²) < 4.78 is 4.60. The summed E-state index contributed by atoms with van der Waals surface area (Å²) in [5.74, 6) is -0.258. The Balaban J connectivity index is 4.24. The molecule has 0 aliphatic rings. The Labute approximate surface area is 92.2 Å². The lowest BCUT2D eigenvalue weighted by atomic mass is 9.97. The fourth-order valence-corrected chi connectivity index (χ4v) is 1.42. The number of esters is 1. The van der Waals surface area contributed by atoms with Gasteiger partial charge in [-0.05, 0) is 19.4 Å². The highest BCUT2D eigenvalue weighted by Crippen LogP contribution is 2.16. The van der Waals surface area contributed by atoms with Gasteiger partial charge in [-0.2, -0.15) is 0 Å². The number of carbonyl (C=O) groups excluding carboxylic acids is 1. The van der Waals surface area contributed by atoms with Crippen LogP contribution < -0.4 is 0 Å². The van der Waals surface area contributed by atoms with Crippen LogP contribution in [0, 0.1) is 0 Å². The molecule has 0 aromatic rings. The van der Waals surface area contributed by atoms with Crippen LogP contribution in [0.25, 0.3) is 0 Å². The average Bonchev–Trinajstić information content (AvgIpc) is 2.27. The number of likely N-dealkylation sites (N-methyl/N-ethyl adjacent to an activating group) is 1. The number of nitrogens with zero attached hydrogens (tertiary/aromatic N) is 1. The van der Waals surface area contributed by atoms with Crippen LogP contribution in [0.4, 0.5) is 0 Å². The zero-order valence-electron chi connectivity index (χ0n) is 10.2. The minimum atomic E-state index is -0.690. The zero-order chi connectivity index (χ0) is 11.9. The van der Waals surface area contributed by atoms with Crippen LogP contribution >= 0.6 is 0 Å². The maximum absolute atomic E-state index is 11.1. The van der Waals surface area contributed by atoms with Gasteiger partial charge in [0.15, 0.2) is 0 Å². The van der Waals surface area contributed by atoms with E-state index in [9.17, 15) is 9.90 Å². The summed E-state index contributed by atoms with van der Waals surface area (Å²) >= 11 is 0. The van der Waals surface area contributed by atoms with Crippen molar-refractivity contribution in [3.63, 3.8) is 0 Å². The van der Waals surface area contributed by atoms with Crippen molar-refractivity contribution in [1.82, 2.24) is 4.90 Å². The van der Waals surface area contributed by atoms with Crippen LogP contribution in [0.5, 0.6) is 0 Å². The van der Waals surface area contributed by atoms with Crippen molar-refractivity contribution in [2.75, 3.05) is 26.7 Å². The number of methoxy groups -OCH3 is 1. The topological polar surface area (TPSA) is 49.8 Å². The van der Waals surface area contributed by atoms with E-state index in [1.807, 2.05) is 25.7 Å². The molecular formula is C11H23NO3. The quantitative estimate of drug-likeness (QED) is 0.647. The predicted octanol–water partition coefficient (Wildman–Crippen LogP) is 1.03. The van der Waals surface area contributed by atoms with Crippen molar-refractivity contribution in [3.05, 3.63) is 0 Å². The Morgan fingerprint density at radius 1 is 1.33 bits per heavy atom. The van der Waals surface area contributed by atoms with E-state index in [1.54, 1.807) is 0 Å². The summed E-state index contributed by atoms with van der Waals surface area (Å²) in [6.45, 7) is 7.37. The van der Waals surface area contributed by atoms with Gasteiger partial charge >= 0.3 is 5.97 Å². The zero-order valence-corrected chi connectivity index (χ0v) is 10.2. The molecule has 0 rings (SSSR count). The molecule has 0 aromatic heterocycles. The van der Waals surface area contributed by atoms with E-state index in [0.717, 1.165) is 6.54 Å². The second-order valence-corrected chi connectivity index (χ2v) is 3.81. The second-order valence-electron chi connectivity index (χ2n) is 3.81. The van der Waals surface area contributed by atoms with Gasteiger partial charge in [-0.3, -0.25) is 9.69 Å². The van der Waals surface area contributed by atoms with Crippen molar-refractivity contribution in [3.8, 4) is 0 Å². The molecule has 1 N–H and O–H groups in total. The first kappa shape index (κ1) is 14.4. The van der Waals surface area contributed by atoms with Crippen LogP contribution in [-0.2, 0) is 9.53 Å². The molecule has 0 aromatic carbocycles.